The zero-order valence-corrected chi connectivity index (χ0v) is 45.3. The topological polar surface area (TPSA) is 137 Å². The maximum atomic E-state index is 11.6. The molecule has 0 aromatic carbocycles. The molecule has 67 heavy (non-hydrogen) atoms. The first-order chi connectivity index (χ1) is 32.7. The zero-order valence-electron chi connectivity index (χ0n) is 42.9. The molecule has 2 aromatic heterocycles. The SMILES string of the molecule is CCCCCCCCCCCCCCCCCCOC[C@H](CO)OCc1cncc(Br)c1.CCCCCCCCCCCCCCCCCCOC[C@H](CO)OCc1cncc(S(C)(=O)=O)c1. The van der Waals surface area contributed by atoms with Crippen LogP contribution in [0.3, 0.4) is 0 Å². The van der Waals surface area contributed by atoms with Gasteiger partial charge in [0.25, 0.3) is 0 Å². The minimum absolute atomic E-state index is 0.0274. The summed E-state index contributed by atoms with van der Waals surface area (Å²) in [6, 6.07) is 3.52. The molecule has 0 aliphatic carbocycles. The van der Waals surface area contributed by atoms with Crippen molar-refractivity contribution < 1.29 is 37.6 Å². The van der Waals surface area contributed by atoms with Gasteiger partial charge in [0.1, 0.15) is 12.2 Å². The molecule has 0 bridgehead atoms. The Bertz CT molecular complexity index is 1470. The van der Waals surface area contributed by atoms with Gasteiger partial charge in [-0.2, -0.15) is 0 Å². The molecule has 10 nitrogen and oxygen atoms in total. The highest BCUT2D eigenvalue weighted by molar-refractivity contribution is 9.10. The van der Waals surface area contributed by atoms with Crippen molar-refractivity contribution in [2.45, 2.75) is 250 Å². The monoisotopic (exact) mass is 1030 g/mol. The van der Waals surface area contributed by atoms with Gasteiger partial charge in [0, 0.05) is 48.7 Å². The van der Waals surface area contributed by atoms with Crippen LogP contribution in [0.4, 0.5) is 0 Å². The molecule has 2 heterocycles. The van der Waals surface area contributed by atoms with Crippen molar-refractivity contribution in [1.29, 1.82) is 0 Å². The number of unbranched alkanes of at least 4 members (excludes halogenated alkanes) is 30. The molecule has 0 aliphatic rings. The predicted octanol–water partition coefficient (Wildman–Crippen LogP) is 14.6. The fourth-order valence-corrected chi connectivity index (χ4v) is 8.98. The quantitative estimate of drug-likeness (QED) is 0.0617. The summed E-state index contributed by atoms with van der Waals surface area (Å²) in [7, 11) is -3.30. The molecule has 0 fully saturated rings. The number of pyridine rings is 2. The van der Waals surface area contributed by atoms with Gasteiger partial charge in [-0.05, 0) is 52.0 Å². The van der Waals surface area contributed by atoms with Gasteiger partial charge in [-0.3, -0.25) is 9.97 Å². The van der Waals surface area contributed by atoms with Crippen LogP contribution in [0, 0.1) is 0 Å². The number of rotatable bonds is 47. The van der Waals surface area contributed by atoms with Gasteiger partial charge in [-0.1, -0.05) is 206 Å². The molecule has 12 heteroatoms. The van der Waals surface area contributed by atoms with Crippen molar-refractivity contribution in [3.63, 3.8) is 0 Å². The summed E-state index contributed by atoms with van der Waals surface area (Å²) in [5.41, 5.74) is 1.64. The first kappa shape index (κ1) is 63.5. The first-order valence-corrected chi connectivity index (χ1v) is 29.8. The molecule has 0 amide bonds. The molecule has 0 radical (unpaired) electrons. The summed E-state index contributed by atoms with van der Waals surface area (Å²) in [6.45, 7) is 7.19. The van der Waals surface area contributed by atoms with Gasteiger partial charge in [0.15, 0.2) is 9.84 Å². The molecule has 390 valence electrons. The van der Waals surface area contributed by atoms with E-state index in [-0.39, 0.29) is 30.8 Å². The van der Waals surface area contributed by atoms with Gasteiger partial charge in [0.05, 0.1) is 44.5 Å². The van der Waals surface area contributed by atoms with E-state index in [4.69, 9.17) is 18.9 Å². The van der Waals surface area contributed by atoms with E-state index in [1.807, 2.05) is 6.07 Å². The van der Waals surface area contributed by atoms with Crippen molar-refractivity contribution >= 4 is 25.8 Å². The highest BCUT2D eigenvalue weighted by Crippen LogP contribution is 2.17. The van der Waals surface area contributed by atoms with Crippen LogP contribution in [0.1, 0.15) is 230 Å². The van der Waals surface area contributed by atoms with Gasteiger partial charge >= 0.3 is 0 Å². The number of aliphatic hydroxyl groups is 2. The van der Waals surface area contributed by atoms with Crippen molar-refractivity contribution in [3.8, 4) is 0 Å². The molecule has 2 atom stereocenters. The minimum Gasteiger partial charge on any atom is -0.394 e. The fourth-order valence-electron chi connectivity index (χ4n) is 7.95. The van der Waals surface area contributed by atoms with Crippen LogP contribution in [-0.4, -0.2) is 86.7 Å². The number of sulfone groups is 1. The third-order valence-electron chi connectivity index (χ3n) is 12.2. The number of hydrogen-bond acceptors (Lipinski definition) is 10. The number of halogens is 1. The second-order valence-corrected chi connectivity index (χ2v) is 21.7. The summed E-state index contributed by atoms with van der Waals surface area (Å²) in [5, 5.41) is 19.0. The largest absolute Gasteiger partial charge is 0.394 e. The molecular formula is C55H99BrN2O8S. The Morgan fingerprint density at radius 2 is 0.791 bits per heavy atom. The van der Waals surface area contributed by atoms with Crippen LogP contribution in [-0.2, 0) is 42.0 Å². The lowest BCUT2D eigenvalue weighted by molar-refractivity contribution is -0.0503. The lowest BCUT2D eigenvalue weighted by Crippen LogP contribution is -2.24. The van der Waals surface area contributed by atoms with E-state index in [2.05, 4.69) is 39.7 Å². The first-order valence-electron chi connectivity index (χ1n) is 27.1. The molecule has 2 N–H and O–H groups in total. The van der Waals surface area contributed by atoms with E-state index >= 15 is 0 Å². The van der Waals surface area contributed by atoms with Gasteiger partial charge in [-0.15, -0.1) is 0 Å². The number of aliphatic hydroxyl groups excluding tert-OH is 2. The fraction of sp³-hybridized carbons (Fsp3) is 0.818. The van der Waals surface area contributed by atoms with E-state index in [9.17, 15) is 18.6 Å². The Hall–Kier alpha value is -1.51. The van der Waals surface area contributed by atoms with E-state index in [0.717, 1.165) is 35.7 Å². The maximum Gasteiger partial charge on any atom is 0.177 e. The predicted molar refractivity (Wildman–Crippen MR) is 281 cm³/mol. The number of hydrogen-bond donors (Lipinski definition) is 2. The van der Waals surface area contributed by atoms with Gasteiger partial charge < -0.3 is 29.2 Å². The molecular weight excluding hydrogens is 929 g/mol. The van der Waals surface area contributed by atoms with Crippen molar-refractivity contribution in [3.05, 3.63) is 52.5 Å². The number of aromatic nitrogens is 2. The smallest absolute Gasteiger partial charge is 0.177 e. The molecule has 0 saturated carbocycles. The lowest BCUT2D eigenvalue weighted by Gasteiger charge is -2.16. The Kier molecular flexibility index (Phi) is 44.4. The third-order valence-corrected chi connectivity index (χ3v) is 13.7. The molecule has 0 saturated heterocycles. The maximum absolute atomic E-state index is 11.6. The van der Waals surface area contributed by atoms with Crippen molar-refractivity contribution in [2.24, 2.45) is 0 Å². The van der Waals surface area contributed by atoms with Crippen molar-refractivity contribution in [1.82, 2.24) is 9.97 Å². The highest BCUT2D eigenvalue weighted by Gasteiger charge is 2.12. The third kappa shape index (κ3) is 40.9. The zero-order chi connectivity index (χ0) is 48.7. The summed E-state index contributed by atoms with van der Waals surface area (Å²) < 4.78 is 47.0. The van der Waals surface area contributed by atoms with E-state index in [1.165, 1.54) is 199 Å². The Morgan fingerprint density at radius 1 is 0.478 bits per heavy atom. The molecule has 0 spiro atoms. The lowest BCUT2D eigenvalue weighted by atomic mass is 10.0. The van der Waals surface area contributed by atoms with Crippen LogP contribution < -0.4 is 0 Å². The summed E-state index contributed by atoms with van der Waals surface area (Å²) in [4.78, 5) is 8.24. The average Bonchev–Trinajstić information content (AvgIpc) is 3.32. The van der Waals surface area contributed by atoms with Gasteiger partial charge in [-0.25, -0.2) is 8.42 Å². The standard InChI is InChI=1S/C28H51NO5S.C27H48BrNO3/c1-3-4-5-6-7-8-9-10-11-12-13-14-15-16-17-18-19-33-25-27(23-30)34-24-26-20-28(22-29-21-26)35(2,31)32;1-2-3-4-5-6-7-8-9-10-11-12-13-14-15-16-17-18-31-24-27(22-30)32-23-25-19-26(28)21-29-20-25/h20-22,27,30H,3-19,23-25H2,1-2H3;19-21,27,30H,2-18,22-24H2,1H3/t2*27-/m00/s1. The van der Waals surface area contributed by atoms with Crippen LogP contribution in [0.2, 0.25) is 0 Å². The molecule has 2 aromatic rings. The molecule has 0 aliphatic heterocycles. The van der Waals surface area contributed by atoms with Crippen LogP contribution in [0.15, 0.2) is 46.3 Å². The second kappa shape index (κ2) is 46.8. The molecule has 0 unspecified atom stereocenters. The Labute approximate surface area is 419 Å². The van der Waals surface area contributed by atoms with Gasteiger partial charge in [0.2, 0.25) is 0 Å². The minimum atomic E-state index is -3.30. The summed E-state index contributed by atoms with van der Waals surface area (Å²) >= 11 is 3.40. The highest BCUT2D eigenvalue weighted by atomic mass is 79.9. The summed E-state index contributed by atoms with van der Waals surface area (Å²) in [6.07, 6.45) is 50.4. The number of ether oxygens (including phenoxy) is 4. The Morgan fingerprint density at radius 3 is 1.10 bits per heavy atom. The number of nitrogens with zero attached hydrogens (tertiary/aromatic N) is 2. The van der Waals surface area contributed by atoms with Crippen LogP contribution in [0.5, 0.6) is 0 Å². The summed E-state index contributed by atoms with van der Waals surface area (Å²) in [5.74, 6) is 0. The van der Waals surface area contributed by atoms with E-state index in [1.54, 1.807) is 24.7 Å². The van der Waals surface area contributed by atoms with Crippen molar-refractivity contribution in [2.75, 3.05) is 45.9 Å². The molecule has 2 rings (SSSR count). The van der Waals surface area contributed by atoms with Crippen LogP contribution in [0.25, 0.3) is 0 Å². The van der Waals surface area contributed by atoms with E-state index < -0.39 is 15.9 Å². The average molecular weight is 1030 g/mol. The Balaban J connectivity index is 0.000000673. The van der Waals surface area contributed by atoms with E-state index in [0.29, 0.717) is 32.0 Å². The normalized spacial score (nSPS) is 12.6. The second-order valence-electron chi connectivity index (χ2n) is 18.8. The van der Waals surface area contributed by atoms with Crippen LogP contribution >= 0.6 is 15.9 Å².